The third-order valence-corrected chi connectivity index (χ3v) is 1.43. The number of aryl methyl sites for hydroxylation is 1. The number of nitriles is 1. The van der Waals surface area contributed by atoms with Gasteiger partial charge in [0.2, 0.25) is 0 Å². The average Bonchev–Trinajstić information content (AvgIpc) is 2.01. The van der Waals surface area contributed by atoms with Gasteiger partial charge in [-0.1, -0.05) is 6.07 Å². The van der Waals surface area contributed by atoms with Crippen LogP contribution in [0.5, 0.6) is 5.75 Å². The van der Waals surface area contributed by atoms with E-state index in [1.807, 2.05) is 0 Å². The fourth-order valence-corrected chi connectivity index (χ4v) is 0.756. The summed E-state index contributed by atoms with van der Waals surface area (Å²) < 4.78 is 12.8. The SMILES string of the molecule is Cc1ccc(C#N)c(O)c1F. The molecule has 0 saturated heterocycles. The highest BCUT2D eigenvalue weighted by molar-refractivity contribution is 5.45. The molecule has 1 rings (SSSR count). The molecule has 2 nitrogen and oxygen atoms in total. The number of benzene rings is 1. The van der Waals surface area contributed by atoms with Crippen molar-refractivity contribution >= 4 is 0 Å². The summed E-state index contributed by atoms with van der Waals surface area (Å²) in [6, 6.07) is 4.51. The molecule has 0 saturated carbocycles. The first-order chi connectivity index (χ1) is 5.16. The van der Waals surface area contributed by atoms with Gasteiger partial charge in [-0.2, -0.15) is 5.26 Å². The molecule has 1 N–H and O–H groups in total. The Kier molecular flexibility index (Phi) is 1.77. The first kappa shape index (κ1) is 7.55. The van der Waals surface area contributed by atoms with Crippen LogP contribution in [0.15, 0.2) is 12.1 Å². The molecule has 1 aromatic carbocycles. The Bertz CT molecular complexity index is 328. The van der Waals surface area contributed by atoms with Crippen LogP contribution in [0.2, 0.25) is 0 Å². The Labute approximate surface area is 63.5 Å². The summed E-state index contributed by atoms with van der Waals surface area (Å²) in [5.41, 5.74) is 0.301. The summed E-state index contributed by atoms with van der Waals surface area (Å²) in [4.78, 5) is 0. The van der Waals surface area contributed by atoms with Crippen LogP contribution < -0.4 is 0 Å². The quantitative estimate of drug-likeness (QED) is 0.613. The molecule has 0 aliphatic carbocycles. The molecule has 0 amide bonds. The number of phenols is 1. The molecule has 0 aliphatic rings. The summed E-state index contributed by atoms with van der Waals surface area (Å²) in [5, 5.41) is 17.3. The summed E-state index contributed by atoms with van der Waals surface area (Å²) in [6.07, 6.45) is 0. The minimum atomic E-state index is -0.718. The van der Waals surface area contributed by atoms with E-state index in [1.165, 1.54) is 19.1 Å². The third-order valence-electron chi connectivity index (χ3n) is 1.43. The molecule has 11 heavy (non-hydrogen) atoms. The van der Waals surface area contributed by atoms with Crippen molar-refractivity contribution in [2.75, 3.05) is 0 Å². The predicted molar refractivity (Wildman–Crippen MR) is 37.5 cm³/mol. The van der Waals surface area contributed by atoms with E-state index in [4.69, 9.17) is 10.4 Å². The summed E-state index contributed by atoms with van der Waals surface area (Å²) >= 11 is 0. The van der Waals surface area contributed by atoms with Gasteiger partial charge < -0.3 is 5.11 Å². The maximum atomic E-state index is 12.8. The van der Waals surface area contributed by atoms with E-state index in [0.717, 1.165) is 0 Å². The molecule has 0 atom stereocenters. The standard InChI is InChI=1S/C8H6FNO/c1-5-2-3-6(4-10)8(11)7(5)9/h2-3,11H,1H3. The minimum Gasteiger partial charge on any atom is -0.504 e. The maximum absolute atomic E-state index is 12.8. The van der Waals surface area contributed by atoms with E-state index < -0.39 is 11.6 Å². The van der Waals surface area contributed by atoms with Crippen molar-refractivity contribution in [2.45, 2.75) is 6.92 Å². The molecular formula is C8H6FNO. The Morgan fingerprint density at radius 2 is 2.18 bits per heavy atom. The van der Waals surface area contributed by atoms with Gasteiger partial charge in [0.25, 0.3) is 0 Å². The van der Waals surface area contributed by atoms with Crippen LogP contribution in [-0.2, 0) is 0 Å². The molecule has 0 bridgehead atoms. The summed E-state index contributed by atoms with van der Waals surface area (Å²) in [5.74, 6) is -1.28. The number of rotatable bonds is 0. The summed E-state index contributed by atoms with van der Waals surface area (Å²) in [6.45, 7) is 1.52. The van der Waals surface area contributed by atoms with Gasteiger partial charge in [-0.3, -0.25) is 0 Å². The maximum Gasteiger partial charge on any atom is 0.169 e. The first-order valence-corrected chi connectivity index (χ1v) is 3.05. The van der Waals surface area contributed by atoms with Crippen LogP contribution in [0.25, 0.3) is 0 Å². The van der Waals surface area contributed by atoms with Gasteiger partial charge in [0.15, 0.2) is 11.6 Å². The Morgan fingerprint density at radius 3 is 2.73 bits per heavy atom. The number of halogens is 1. The monoisotopic (exact) mass is 151 g/mol. The topological polar surface area (TPSA) is 44.0 Å². The highest BCUT2D eigenvalue weighted by atomic mass is 19.1. The van der Waals surface area contributed by atoms with Crippen LogP contribution >= 0.6 is 0 Å². The minimum absolute atomic E-state index is 0.0342. The van der Waals surface area contributed by atoms with Crippen molar-refractivity contribution < 1.29 is 9.50 Å². The van der Waals surface area contributed by atoms with Gasteiger partial charge in [0, 0.05) is 0 Å². The van der Waals surface area contributed by atoms with Crippen LogP contribution in [0.4, 0.5) is 4.39 Å². The van der Waals surface area contributed by atoms with Gasteiger partial charge in [0.1, 0.15) is 6.07 Å². The highest BCUT2D eigenvalue weighted by Crippen LogP contribution is 2.22. The van der Waals surface area contributed by atoms with E-state index in [9.17, 15) is 4.39 Å². The van der Waals surface area contributed by atoms with Gasteiger partial charge in [-0.25, -0.2) is 4.39 Å². The second-order valence-corrected chi connectivity index (χ2v) is 2.20. The second kappa shape index (κ2) is 2.59. The van der Waals surface area contributed by atoms with Crippen molar-refractivity contribution in [1.82, 2.24) is 0 Å². The van der Waals surface area contributed by atoms with Gasteiger partial charge >= 0.3 is 0 Å². The van der Waals surface area contributed by atoms with Crippen LogP contribution in [-0.4, -0.2) is 5.11 Å². The molecule has 0 spiro atoms. The average molecular weight is 151 g/mol. The molecule has 0 heterocycles. The van der Waals surface area contributed by atoms with E-state index in [2.05, 4.69) is 0 Å². The second-order valence-electron chi connectivity index (χ2n) is 2.20. The van der Waals surface area contributed by atoms with Crippen LogP contribution in [0, 0.1) is 24.1 Å². The lowest BCUT2D eigenvalue weighted by Gasteiger charge is -1.99. The molecule has 56 valence electrons. The van der Waals surface area contributed by atoms with Crippen molar-refractivity contribution in [3.05, 3.63) is 29.1 Å². The smallest absolute Gasteiger partial charge is 0.169 e. The normalized spacial score (nSPS) is 9.18. The predicted octanol–water partition coefficient (Wildman–Crippen LogP) is 1.71. The molecule has 3 heteroatoms. The molecule has 0 unspecified atom stereocenters. The molecule has 0 aliphatic heterocycles. The largest absolute Gasteiger partial charge is 0.504 e. The number of hydrogen-bond acceptors (Lipinski definition) is 2. The zero-order valence-corrected chi connectivity index (χ0v) is 5.93. The Hall–Kier alpha value is -1.56. The molecule has 0 radical (unpaired) electrons. The van der Waals surface area contributed by atoms with Gasteiger partial charge in [-0.05, 0) is 18.6 Å². The molecular weight excluding hydrogens is 145 g/mol. The third kappa shape index (κ3) is 1.15. The van der Waals surface area contributed by atoms with E-state index >= 15 is 0 Å². The van der Waals surface area contributed by atoms with E-state index in [0.29, 0.717) is 5.56 Å². The van der Waals surface area contributed by atoms with Crippen LogP contribution in [0.3, 0.4) is 0 Å². The van der Waals surface area contributed by atoms with Gasteiger partial charge in [0.05, 0.1) is 5.56 Å². The van der Waals surface area contributed by atoms with Crippen molar-refractivity contribution in [3.8, 4) is 11.8 Å². The summed E-state index contributed by atoms with van der Waals surface area (Å²) in [7, 11) is 0. The highest BCUT2D eigenvalue weighted by Gasteiger charge is 2.08. The van der Waals surface area contributed by atoms with Crippen molar-refractivity contribution in [1.29, 1.82) is 5.26 Å². The number of aromatic hydroxyl groups is 1. The van der Waals surface area contributed by atoms with E-state index in [-0.39, 0.29) is 5.56 Å². The zero-order valence-electron chi connectivity index (χ0n) is 5.93. The molecule has 0 aromatic heterocycles. The Balaban J connectivity index is 3.40. The Morgan fingerprint density at radius 1 is 1.55 bits per heavy atom. The van der Waals surface area contributed by atoms with Gasteiger partial charge in [-0.15, -0.1) is 0 Å². The zero-order chi connectivity index (χ0) is 8.43. The van der Waals surface area contributed by atoms with Crippen molar-refractivity contribution in [3.63, 3.8) is 0 Å². The van der Waals surface area contributed by atoms with Crippen LogP contribution in [0.1, 0.15) is 11.1 Å². The first-order valence-electron chi connectivity index (χ1n) is 3.05. The number of phenolic OH excluding ortho intramolecular Hbond substituents is 1. The van der Waals surface area contributed by atoms with E-state index in [1.54, 1.807) is 6.07 Å². The fraction of sp³-hybridized carbons (Fsp3) is 0.125. The molecule has 1 aromatic rings. The van der Waals surface area contributed by atoms with Crippen molar-refractivity contribution in [2.24, 2.45) is 0 Å². The molecule has 0 fully saturated rings. The fourth-order valence-electron chi connectivity index (χ4n) is 0.756. The lowest BCUT2D eigenvalue weighted by atomic mass is 10.1. The lowest BCUT2D eigenvalue weighted by Crippen LogP contribution is -1.85. The number of nitrogens with zero attached hydrogens (tertiary/aromatic N) is 1. The number of hydrogen-bond donors (Lipinski definition) is 1. The lowest BCUT2D eigenvalue weighted by molar-refractivity contribution is 0.428.